The zero-order valence-electron chi connectivity index (χ0n) is 9.84. The summed E-state index contributed by atoms with van der Waals surface area (Å²) in [4.78, 5) is 14.5. The van der Waals surface area contributed by atoms with E-state index < -0.39 is 0 Å². The van der Waals surface area contributed by atoms with E-state index in [0.717, 1.165) is 12.8 Å². The maximum absolute atomic E-state index is 12.5. The van der Waals surface area contributed by atoms with E-state index in [1.54, 1.807) is 12.4 Å². The Morgan fingerprint density at radius 2 is 1.89 bits per heavy atom. The highest BCUT2D eigenvalue weighted by atomic mass is 16.2. The summed E-state index contributed by atoms with van der Waals surface area (Å²) in [6.07, 6.45) is 5.42. The number of carbonyl (C=O) groups is 1. The summed E-state index contributed by atoms with van der Waals surface area (Å²) in [6.45, 7) is 0. The van der Waals surface area contributed by atoms with Crippen LogP contribution >= 0.6 is 0 Å². The number of aromatic nitrogens is 2. The molecule has 2 atom stereocenters. The van der Waals surface area contributed by atoms with Crippen LogP contribution in [0.15, 0.2) is 36.7 Å². The van der Waals surface area contributed by atoms with Crippen molar-refractivity contribution in [2.45, 2.75) is 24.9 Å². The molecule has 2 aliphatic rings. The number of amides is 1. The average Bonchev–Trinajstić information content (AvgIpc) is 3.13. The molecule has 0 saturated carbocycles. The third-order valence-electron chi connectivity index (χ3n) is 4.08. The van der Waals surface area contributed by atoms with E-state index in [2.05, 4.69) is 34.5 Å². The molecule has 1 fully saturated rings. The number of H-pyrrole nitrogens is 1. The Balaban J connectivity index is 1.76. The number of fused-ring (bicyclic) bond motifs is 5. The summed E-state index contributed by atoms with van der Waals surface area (Å²) in [6, 6.07) is 8.92. The fraction of sp³-hybridized carbons (Fsp3) is 0.286. The molecule has 1 amide bonds. The first-order valence-corrected chi connectivity index (χ1v) is 6.26. The van der Waals surface area contributed by atoms with Gasteiger partial charge in [0.05, 0.1) is 23.8 Å². The van der Waals surface area contributed by atoms with E-state index in [-0.39, 0.29) is 18.0 Å². The fourth-order valence-electron chi connectivity index (χ4n) is 3.34. The van der Waals surface area contributed by atoms with Gasteiger partial charge in [0.15, 0.2) is 0 Å². The number of nitrogens with one attached hydrogen (secondary N) is 1. The van der Waals surface area contributed by atoms with E-state index in [1.165, 1.54) is 11.1 Å². The highest BCUT2D eigenvalue weighted by Crippen LogP contribution is 2.53. The minimum atomic E-state index is 0.0902. The number of nitrogens with zero attached hydrogens (tertiary/aromatic N) is 2. The molecule has 4 nitrogen and oxygen atoms in total. The summed E-state index contributed by atoms with van der Waals surface area (Å²) in [5.41, 5.74) is 3.30. The number of aromatic amines is 1. The molecule has 3 heterocycles. The molecule has 4 rings (SSSR count). The molecular formula is C14H13N3O. The standard InChI is InChI=1S/C14H13N3O/c18-14(9-7-15-16-8-9)17-12-5-6-13(17)11-4-2-1-3-10(11)12/h1-4,7-8,12-13H,5-6H2,(H,15,16). The van der Waals surface area contributed by atoms with Gasteiger partial charge in [-0.05, 0) is 24.0 Å². The molecule has 18 heavy (non-hydrogen) atoms. The molecule has 90 valence electrons. The van der Waals surface area contributed by atoms with Crippen LogP contribution in [0.2, 0.25) is 0 Å². The van der Waals surface area contributed by atoms with Crippen molar-refractivity contribution >= 4 is 5.91 Å². The molecule has 1 saturated heterocycles. The summed E-state index contributed by atoms with van der Waals surface area (Å²) in [5.74, 6) is 0.0902. The Hall–Kier alpha value is -2.10. The van der Waals surface area contributed by atoms with E-state index in [1.807, 2.05) is 4.90 Å². The Morgan fingerprint density at radius 3 is 2.44 bits per heavy atom. The third kappa shape index (κ3) is 1.15. The average molecular weight is 239 g/mol. The van der Waals surface area contributed by atoms with Gasteiger partial charge in [0.2, 0.25) is 0 Å². The van der Waals surface area contributed by atoms with Gasteiger partial charge >= 0.3 is 0 Å². The maximum Gasteiger partial charge on any atom is 0.258 e. The molecule has 2 aliphatic heterocycles. The first-order chi connectivity index (χ1) is 8.86. The van der Waals surface area contributed by atoms with Crippen molar-refractivity contribution in [3.63, 3.8) is 0 Å². The summed E-state index contributed by atoms with van der Waals surface area (Å²) >= 11 is 0. The molecule has 2 aromatic rings. The van der Waals surface area contributed by atoms with Gasteiger partial charge in [-0.15, -0.1) is 0 Å². The lowest BCUT2D eigenvalue weighted by atomic mass is 9.92. The van der Waals surface area contributed by atoms with Crippen molar-refractivity contribution in [2.75, 3.05) is 0 Å². The van der Waals surface area contributed by atoms with E-state index in [0.29, 0.717) is 5.56 Å². The summed E-state index contributed by atoms with van der Waals surface area (Å²) in [7, 11) is 0. The Labute approximate surface area is 105 Å². The number of rotatable bonds is 1. The second kappa shape index (κ2) is 3.45. The number of hydrogen-bond acceptors (Lipinski definition) is 2. The summed E-state index contributed by atoms with van der Waals surface area (Å²) < 4.78 is 0. The number of hydrogen-bond donors (Lipinski definition) is 1. The van der Waals surface area contributed by atoms with Crippen molar-refractivity contribution in [1.29, 1.82) is 0 Å². The van der Waals surface area contributed by atoms with Crippen LogP contribution in [-0.2, 0) is 0 Å². The predicted octanol–water partition coefficient (Wildman–Crippen LogP) is 2.44. The SMILES string of the molecule is O=C(c1cn[nH]c1)N1C2CCC1c1ccccc12. The van der Waals surface area contributed by atoms with Crippen molar-refractivity contribution in [3.8, 4) is 0 Å². The van der Waals surface area contributed by atoms with Gasteiger partial charge in [-0.3, -0.25) is 9.89 Å². The molecule has 4 heteroatoms. The molecule has 1 N–H and O–H groups in total. The van der Waals surface area contributed by atoms with E-state index >= 15 is 0 Å². The highest BCUT2D eigenvalue weighted by molar-refractivity contribution is 5.95. The van der Waals surface area contributed by atoms with Gasteiger partial charge in [-0.25, -0.2) is 0 Å². The van der Waals surface area contributed by atoms with Gasteiger partial charge in [0.1, 0.15) is 0 Å². The molecule has 1 aromatic heterocycles. The van der Waals surface area contributed by atoms with Crippen LogP contribution in [-0.4, -0.2) is 21.0 Å². The molecule has 0 spiro atoms. The topological polar surface area (TPSA) is 49.0 Å². The molecule has 1 aromatic carbocycles. The van der Waals surface area contributed by atoms with Crippen molar-refractivity contribution < 1.29 is 4.79 Å². The molecule has 0 radical (unpaired) electrons. The van der Waals surface area contributed by atoms with Crippen LogP contribution in [0.3, 0.4) is 0 Å². The van der Waals surface area contributed by atoms with Crippen LogP contribution in [0.5, 0.6) is 0 Å². The minimum Gasteiger partial charge on any atom is -0.324 e. The second-order valence-electron chi connectivity index (χ2n) is 4.94. The van der Waals surface area contributed by atoms with Crippen LogP contribution in [0, 0.1) is 0 Å². The normalized spacial score (nSPS) is 24.3. The lowest BCUT2D eigenvalue weighted by Gasteiger charge is -2.21. The van der Waals surface area contributed by atoms with Crippen LogP contribution in [0.4, 0.5) is 0 Å². The summed E-state index contributed by atoms with van der Waals surface area (Å²) in [5, 5.41) is 6.57. The van der Waals surface area contributed by atoms with E-state index in [4.69, 9.17) is 0 Å². The number of carbonyl (C=O) groups excluding carboxylic acids is 1. The van der Waals surface area contributed by atoms with Crippen LogP contribution in [0.1, 0.15) is 46.4 Å². The maximum atomic E-state index is 12.5. The Bertz CT molecular complexity index is 574. The molecule has 2 bridgehead atoms. The zero-order chi connectivity index (χ0) is 12.1. The fourth-order valence-corrected chi connectivity index (χ4v) is 3.34. The second-order valence-corrected chi connectivity index (χ2v) is 4.94. The van der Waals surface area contributed by atoms with Crippen molar-refractivity contribution in [1.82, 2.24) is 15.1 Å². The first kappa shape index (κ1) is 9.88. The minimum absolute atomic E-state index is 0.0902. The molecular weight excluding hydrogens is 226 g/mol. The first-order valence-electron chi connectivity index (χ1n) is 6.26. The smallest absolute Gasteiger partial charge is 0.258 e. The Kier molecular flexibility index (Phi) is 1.89. The van der Waals surface area contributed by atoms with Crippen LogP contribution < -0.4 is 0 Å². The van der Waals surface area contributed by atoms with Crippen molar-refractivity contribution in [3.05, 3.63) is 53.3 Å². The van der Waals surface area contributed by atoms with Crippen LogP contribution in [0.25, 0.3) is 0 Å². The van der Waals surface area contributed by atoms with Gasteiger partial charge in [-0.1, -0.05) is 24.3 Å². The predicted molar refractivity (Wildman–Crippen MR) is 65.9 cm³/mol. The number of benzene rings is 1. The zero-order valence-corrected chi connectivity index (χ0v) is 9.84. The molecule has 0 aliphatic carbocycles. The quantitative estimate of drug-likeness (QED) is 0.831. The highest BCUT2D eigenvalue weighted by Gasteiger charge is 2.46. The van der Waals surface area contributed by atoms with Gasteiger partial charge in [0.25, 0.3) is 5.91 Å². The molecule has 2 unspecified atom stereocenters. The van der Waals surface area contributed by atoms with Crippen molar-refractivity contribution in [2.24, 2.45) is 0 Å². The Morgan fingerprint density at radius 1 is 1.22 bits per heavy atom. The third-order valence-corrected chi connectivity index (χ3v) is 4.08. The lowest BCUT2D eigenvalue weighted by Crippen LogP contribution is -2.27. The van der Waals surface area contributed by atoms with Gasteiger partial charge in [-0.2, -0.15) is 5.10 Å². The van der Waals surface area contributed by atoms with Gasteiger partial charge < -0.3 is 4.90 Å². The van der Waals surface area contributed by atoms with E-state index in [9.17, 15) is 4.79 Å². The monoisotopic (exact) mass is 239 g/mol. The van der Waals surface area contributed by atoms with Gasteiger partial charge in [0, 0.05) is 6.20 Å². The lowest BCUT2D eigenvalue weighted by molar-refractivity contribution is 0.0697. The largest absolute Gasteiger partial charge is 0.324 e.